The Morgan fingerprint density at radius 3 is 2.85 bits per heavy atom. The monoisotopic (exact) mass is 181 g/mol. The first-order chi connectivity index (χ1) is 6.11. The molecular weight excluding hydrogens is 170 g/mol. The van der Waals surface area contributed by atoms with E-state index >= 15 is 0 Å². The molecule has 0 radical (unpaired) electrons. The number of nitriles is 1. The van der Waals surface area contributed by atoms with Crippen molar-refractivity contribution in [3.05, 3.63) is 24.3 Å². The molecule has 0 saturated heterocycles. The minimum atomic E-state index is -1.24. The lowest BCUT2D eigenvalue weighted by atomic mass is 10.2. The third-order valence-corrected chi connectivity index (χ3v) is 1.23. The lowest BCUT2D eigenvalue weighted by Gasteiger charge is -2.05. The molecule has 0 aromatic carbocycles. The maximum Gasteiger partial charge on any atom is 0.346 e. The van der Waals surface area contributed by atoms with Gasteiger partial charge in [0.05, 0.1) is 12.7 Å². The van der Waals surface area contributed by atoms with Crippen LogP contribution in [0.2, 0.25) is 0 Å². The van der Waals surface area contributed by atoms with Crippen LogP contribution in [0.4, 0.5) is 0 Å². The van der Waals surface area contributed by atoms with Crippen molar-refractivity contribution in [1.29, 1.82) is 5.26 Å². The molecule has 0 rings (SSSR count). The molecule has 4 nitrogen and oxygen atoms in total. The van der Waals surface area contributed by atoms with Gasteiger partial charge in [0.2, 0.25) is 0 Å². The largest absolute Gasteiger partial charge is 0.477 e. The van der Waals surface area contributed by atoms with Crippen molar-refractivity contribution < 1.29 is 14.6 Å². The van der Waals surface area contributed by atoms with Crippen molar-refractivity contribution in [2.24, 2.45) is 0 Å². The van der Waals surface area contributed by atoms with Gasteiger partial charge in [-0.15, -0.1) is 6.58 Å². The smallest absolute Gasteiger partial charge is 0.346 e. The summed E-state index contributed by atoms with van der Waals surface area (Å²) in [6, 6.07) is 1.56. The van der Waals surface area contributed by atoms with Crippen LogP contribution in [0.15, 0.2) is 24.3 Å². The van der Waals surface area contributed by atoms with Crippen molar-refractivity contribution in [3.8, 4) is 6.07 Å². The quantitative estimate of drug-likeness (QED) is 0.392. The van der Waals surface area contributed by atoms with Crippen LogP contribution < -0.4 is 0 Å². The fourth-order valence-electron chi connectivity index (χ4n) is 0.659. The summed E-state index contributed by atoms with van der Waals surface area (Å²) in [4.78, 5) is 10.4. The Bertz CT molecular complexity index is 263. The van der Waals surface area contributed by atoms with E-state index in [-0.39, 0.29) is 5.57 Å². The Kier molecular flexibility index (Phi) is 5.24. The van der Waals surface area contributed by atoms with Crippen molar-refractivity contribution >= 4 is 5.97 Å². The molecule has 0 saturated carbocycles. The highest BCUT2D eigenvalue weighted by Crippen LogP contribution is 1.99. The molecule has 1 unspecified atom stereocenters. The van der Waals surface area contributed by atoms with Crippen LogP contribution >= 0.6 is 0 Å². The van der Waals surface area contributed by atoms with Crippen molar-refractivity contribution in [3.63, 3.8) is 0 Å². The van der Waals surface area contributed by atoms with E-state index < -0.39 is 12.1 Å². The zero-order valence-electron chi connectivity index (χ0n) is 7.36. The molecular formula is C9H11NO3. The second-order valence-electron chi connectivity index (χ2n) is 2.32. The maximum absolute atomic E-state index is 10.4. The highest BCUT2D eigenvalue weighted by atomic mass is 16.5. The first kappa shape index (κ1) is 11.4. The summed E-state index contributed by atoms with van der Waals surface area (Å²) >= 11 is 0. The number of nitrogens with zero attached hydrogens (tertiary/aromatic N) is 1. The highest BCUT2D eigenvalue weighted by Gasteiger charge is 2.07. The average Bonchev–Trinajstić information content (AvgIpc) is 2.10. The molecule has 0 amide bonds. The molecule has 4 heteroatoms. The van der Waals surface area contributed by atoms with Crippen LogP contribution in [-0.4, -0.2) is 23.8 Å². The predicted molar refractivity (Wildman–Crippen MR) is 46.9 cm³/mol. The Balaban J connectivity index is 4.26. The summed E-state index contributed by atoms with van der Waals surface area (Å²) < 4.78 is 5.06. The molecule has 70 valence electrons. The number of ether oxygens (including phenoxy) is 1. The number of carboxylic acid groups (broad SMARTS) is 1. The summed E-state index contributed by atoms with van der Waals surface area (Å²) in [6.07, 6.45) is 2.41. The predicted octanol–water partition coefficient (Wildman–Crippen LogP) is 1.11. The number of carbonyl (C=O) groups is 1. The van der Waals surface area contributed by atoms with Crippen molar-refractivity contribution in [2.75, 3.05) is 6.61 Å². The van der Waals surface area contributed by atoms with E-state index in [2.05, 4.69) is 6.58 Å². The molecule has 0 heterocycles. The fraction of sp³-hybridized carbons (Fsp3) is 0.333. The first-order valence-corrected chi connectivity index (χ1v) is 3.69. The van der Waals surface area contributed by atoms with Gasteiger partial charge in [-0.25, -0.2) is 4.79 Å². The van der Waals surface area contributed by atoms with Gasteiger partial charge < -0.3 is 9.84 Å². The van der Waals surface area contributed by atoms with E-state index in [1.165, 1.54) is 6.08 Å². The van der Waals surface area contributed by atoms with Gasteiger partial charge in [0.25, 0.3) is 0 Å². The SMILES string of the molecule is C=CCOC(C)C=C(C#N)C(=O)O. The highest BCUT2D eigenvalue weighted by molar-refractivity contribution is 5.91. The Labute approximate surface area is 76.7 Å². The minimum absolute atomic E-state index is 0.309. The third-order valence-electron chi connectivity index (χ3n) is 1.23. The standard InChI is InChI=1S/C9H11NO3/c1-3-4-13-7(2)5-8(6-10)9(11)12/h3,5,7H,1,4H2,2H3,(H,11,12). The first-order valence-electron chi connectivity index (χ1n) is 3.69. The van der Waals surface area contributed by atoms with Gasteiger partial charge in [-0.2, -0.15) is 5.26 Å². The molecule has 0 aromatic rings. The number of carboxylic acids is 1. The van der Waals surface area contributed by atoms with E-state index in [0.29, 0.717) is 6.61 Å². The van der Waals surface area contributed by atoms with Gasteiger partial charge >= 0.3 is 5.97 Å². The molecule has 0 aliphatic carbocycles. The van der Waals surface area contributed by atoms with Crippen molar-refractivity contribution in [1.82, 2.24) is 0 Å². The number of hydrogen-bond donors (Lipinski definition) is 1. The maximum atomic E-state index is 10.4. The van der Waals surface area contributed by atoms with Crippen molar-refractivity contribution in [2.45, 2.75) is 13.0 Å². The van der Waals surface area contributed by atoms with Crippen LogP contribution in [0.3, 0.4) is 0 Å². The summed E-state index contributed by atoms with van der Waals surface area (Å²) in [5.74, 6) is -1.24. The fourth-order valence-corrected chi connectivity index (χ4v) is 0.659. The van der Waals surface area contributed by atoms with Crippen LogP contribution in [0, 0.1) is 11.3 Å². The summed E-state index contributed by atoms with van der Waals surface area (Å²) in [7, 11) is 0. The minimum Gasteiger partial charge on any atom is -0.477 e. The van der Waals surface area contributed by atoms with E-state index in [4.69, 9.17) is 15.1 Å². The third kappa shape index (κ3) is 4.77. The molecule has 13 heavy (non-hydrogen) atoms. The van der Waals surface area contributed by atoms with E-state index in [1.54, 1.807) is 19.1 Å². The van der Waals surface area contributed by atoms with Crippen LogP contribution in [0.5, 0.6) is 0 Å². The lowest BCUT2D eigenvalue weighted by molar-refractivity contribution is -0.132. The molecule has 1 N–H and O–H groups in total. The molecule has 0 aliphatic heterocycles. The van der Waals surface area contributed by atoms with Gasteiger partial charge in [0.1, 0.15) is 11.6 Å². The molecule has 0 spiro atoms. The zero-order chi connectivity index (χ0) is 10.3. The summed E-state index contributed by atoms with van der Waals surface area (Å²) in [5.41, 5.74) is -0.309. The summed E-state index contributed by atoms with van der Waals surface area (Å²) in [5, 5.41) is 16.9. The van der Waals surface area contributed by atoms with E-state index in [1.807, 2.05) is 0 Å². The topological polar surface area (TPSA) is 70.3 Å². The second-order valence-corrected chi connectivity index (χ2v) is 2.32. The van der Waals surface area contributed by atoms with Crippen LogP contribution in [-0.2, 0) is 9.53 Å². The molecule has 0 aliphatic rings. The van der Waals surface area contributed by atoms with Crippen LogP contribution in [0.25, 0.3) is 0 Å². The van der Waals surface area contributed by atoms with Gasteiger partial charge in [-0.1, -0.05) is 6.08 Å². The normalized spacial score (nSPS) is 13.1. The number of rotatable bonds is 5. The Morgan fingerprint density at radius 1 is 1.85 bits per heavy atom. The van der Waals surface area contributed by atoms with Gasteiger partial charge in [-0.05, 0) is 13.0 Å². The van der Waals surface area contributed by atoms with Gasteiger partial charge in [0, 0.05) is 0 Å². The molecule has 0 fully saturated rings. The van der Waals surface area contributed by atoms with Gasteiger partial charge in [0.15, 0.2) is 0 Å². The average molecular weight is 181 g/mol. The van der Waals surface area contributed by atoms with E-state index in [9.17, 15) is 4.79 Å². The molecule has 0 aromatic heterocycles. The Hall–Kier alpha value is -1.60. The van der Waals surface area contributed by atoms with Gasteiger partial charge in [-0.3, -0.25) is 0 Å². The zero-order valence-corrected chi connectivity index (χ0v) is 7.36. The van der Waals surface area contributed by atoms with E-state index in [0.717, 1.165) is 0 Å². The second kappa shape index (κ2) is 5.98. The molecule has 1 atom stereocenters. The molecule has 0 bridgehead atoms. The number of aliphatic carboxylic acids is 1. The van der Waals surface area contributed by atoms with Crippen LogP contribution in [0.1, 0.15) is 6.92 Å². The number of hydrogen-bond acceptors (Lipinski definition) is 3. The Morgan fingerprint density at radius 2 is 2.46 bits per heavy atom. The lowest BCUT2D eigenvalue weighted by Crippen LogP contribution is -2.08. The summed E-state index contributed by atoms with van der Waals surface area (Å²) in [6.45, 7) is 5.43.